The predicted molar refractivity (Wildman–Crippen MR) is 136 cm³/mol. The minimum Gasteiger partial charge on any atom is -0.445 e. The number of aromatic nitrogens is 2. The van der Waals surface area contributed by atoms with Gasteiger partial charge in [-0.15, -0.1) is 10.2 Å². The molecule has 2 amide bonds. The molecule has 0 aliphatic heterocycles. The molecular formula is C26H32N4O4S. The molecule has 186 valence electrons. The molecule has 0 saturated heterocycles. The fourth-order valence-corrected chi connectivity index (χ4v) is 4.15. The first-order valence-corrected chi connectivity index (χ1v) is 12.4. The second-order valence-corrected chi connectivity index (χ2v) is 10.0. The highest BCUT2D eigenvalue weighted by Gasteiger charge is 2.23. The Morgan fingerprint density at radius 1 is 0.943 bits per heavy atom. The molecule has 0 radical (unpaired) electrons. The molecule has 9 heteroatoms. The number of amides is 2. The molecule has 3 aromatic rings. The van der Waals surface area contributed by atoms with Gasteiger partial charge in [0.1, 0.15) is 22.2 Å². The molecule has 1 heterocycles. The Kier molecular flexibility index (Phi) is 9.60. The largest absolute Gasteiger partial charge is 0.445 e. The van der Waals surface area contributed by atoms with Crippen molar-refractivity contribution in [2.75, 3.05) is 6.54 Å². The summed E-state index contributed by atoms with van der Waals surface area (Å²) in [5, 5.41) is 15.8. The van der Waals surface area contributed by atoms with Crippen LogP contribution in [0.4, 0.5) is 9.59 Å². The average molecular weight is 497 g/mol. The number of hydrogen-bond acceptors (Lipinski definition) is 7. The minimum atomic E-state index is -0.602. The Morgan fingerprint density at radius 2 is 1.63 bits per heavy atom. The van der Waals surface area contributed by atoms with Gasteiger partial charge in [-0.1, -0.05) is 72.0 Å². The van der Waals surface area contributed by atoms with Crippen molar-refractivity contribution in [1.82, 2.24) is 20.8 Å². The summed E-state index contributed by atoms with van der Waals surface area (Å²) in [6, 6.07) is 19.0. The summed E-state index contributed by atoms with van der Waals surface area (Å²) in [5.41, 5.74) is 1.31. The second kappa shape index (κ2) is 12.9. The van der Waals surface area contributed by atoms with Crippen molar-refractivity contribution in [3.05, 3.63) is 71.2 Å². The van der Waals surface area contributed by atoms with Gasteiger partial charge in [0.2, 0.25) is 0 Å². The van der Waals surface area contributed by atoms with E-state index in [2.05, 4.69) is 20.8 Å². The zero-order chi connectivity index (χ0) is 25.1. The number of benzene rings is 2. The summed E-state index contributed by atoms with van der Waals surface area (Å²) >= 11 is 1.44. The summed E-state index contributed by atoms with van der Waals surface area (Å²) in [6.45, 7) is 6.17. The van der Waals surface area contributed by atoms with Crippen LogP contribution in [0.2, 0.25) is 0 Å². The van der Waals surface area contributed by atoms with E-state index in [1.807, 2.05) is 81.4 Å². The van der Waals surface area contributed by atoms with E-state index in [4.69, 9.17) is 9.47 Å². The molecule has 0 fully saturated rings. The van der Waals surface area contributed by atoms with Gasteiger partial charge in [0, 0.05) is 12.1 Å². The van der Waals surface area contributed by atoms with Crippen LogP contribution in [0.15, 0.2) is 60.7 Å². The normalized spacial score (nSPS) is 12.0. The number of carbonyl (C=O) groups is 2. The Balaban J connectivity index is 1.50. The first kappa shape index (κ1) is 26.2. The van der Waals surface area contributed by atoms with Crippen LogP contribution in [0.1, 0.15) is 56.6 Å². The van der Waals surface area contributed by atoms with Gasteiger partial charge >= 0.3 is 12.2 Å². The van der Waals surface area contributed by atoms with Crippen LogP contribution in [0.3, 0.4) is 0 Å². The lowest BCUT2D eigenvalue weighted by molar-refractivity contribution is 0.0500. The summed E-state index contributed by atoms with van der Waals surface area (Å²) in [5.74, 6) is 0. The molecule has 0 aliphatic carbocycles. The molecule has 0 spiro atoms. The molecule has 1 aromatic heterocycles. The predicted octanol–water partition coefficient (Wildman–Crippen LogP) is 5.87. The number of nitrogens with zero attached hydrogens (tertiary/aromatic N) is 2. The van der Waals surface area contributed by atoms with Crippen molar-refractivity contribution in [3.63, 3.8) is 0 Å². The molecule has 8 nitrogen and oxygen atoms in total. The van der Waals surface area contributed by atoms with Crippen molar-refractivity contribution in [1.29, 1.82) is 0 Å². The second-order valence-electron chi connectivity index (χ2n) is 8.99. The van der Waals surface area contributed by atoms with Gasteiger partial charge in [-0.3, -0.25) is 0 Å². The highest BCUT2D eigenvalue weighted by atomic mass is 32.1. The van der Waals surface area contributed by atoms with Crippen LogP contribution < -0.4 is 10.6 Å². The third-order valence-corrected chi connectivity index (χ3v) is 5.94. The molecule has 0 saturated carbocycles. The topological polar surface area (TPSA) is 102 Å². The van der Waals surface area contributed by atoms with Crippen molar-refractivity contribution in [2.24, 2.45) is 0 Å². The third kappa shape index (κ3) is 9.36. The van der Waals surface area contributed by atoms with E-state index in [1.165, 1.54) is 11.3 Å². The fraction of sp³-hybridized carbons (Fsp3) is 0.385. The maximum atomic E-state index is 12.4. The number of unbranched alkanes of at least 4 members (excludes halogenated alkanes) is 1. The van der Waals surface area contributed by atoms with Crippen molar-refractivity contribution >= 4 is 23.5 Å². The number of carbonyl (C=O) groups excluding carboxylic acids is 2. The van der Waals surface area contributed by atoms with E-state index >= 15 is 0 Å². The smallest absolute Gasteiger partial charge is 0.408 e. The molecule has 35 heavy (non-hydrogen) atoms. The highest BCUT2D eigenvalue weighted by Crippen LogP contribution is 2.29. The van der Waals surface area contributed by atoms with E-state index in [0.717, 1.165) is 29.0 Å². The molecule has 0 bridgehead atoms. The molecular weight excluding hydrogens is 464 g/mol. The Hall–Kier alpha value is -3.46. The lowest BCUT2D eigenvalue weighted by Crippen LogP contribution is -2.35. The monoisotopic (exact) mass is 496 g/mol. The van der Waals surface area contributed by atoms with Crippen LogP contribution in [0.5, 0.6) is 0 Å². The van der Waals surface area contributed by atoms with E-state index in [9.17, 15) is 9.59 Å². The van der Waals surface area contributed by atoms with Gasteiger partial charge in [-0.25, -0.2) is 9.59 Å². The summed E-state index contributed by atoms with van der Waals surface area (Å²) < 4.78 is 10.7. The van der Waals surface area contributed by atoms with Gasteiger partial charge in [0.15, 0.2) is 0 Å². The van der Waals surface area contributed by atoms with Crippen LogP contribution in [0.25, 0.3) is 10.6 Å². The molecule has 1 atom stereocenters. The third-order valence-electron chi connectivity index (χ3n) is 4.85. The lowest BCUT2D eigenvalue weighted by atomic mass is 10.1. The summed E-state index contributed by atoms with van der Waals surface area (Å²) in [4.78, 5) is 24.4. The quantitative estimate of drug-likeness (QED) is 0.341. The number of ether oxygens (including phenoxy) is 2. The molecule has 3 rings (SSSR count). The van der Waals surface area contributed by atoms with Gasteiger partial charge in [0.25, 0.3) is 0 Å². The molecule has 2 N–H and O–H groups in total. The van der Waals surface area contributed by atoms with Gasteiger partial charge in [-0.05, 0) is 45.6 Å². The van der Waals surface area contributed by atoms with Gasteiger partial charge in [0.05, 0.1) is 6.04 Å². The molecule has 2 aromatic carbocycles. The van der Waals surface area contributed by atoms with E-state index in [0.29, 0.717) is 18.0 Å². The summed E-state index contributed by atoms with van der Waals surface area (Å²) in [7, 11) is 0. The zero-order valence-corrected chi connectivity index (χ0v) is 21.1. The van der Waals surface area contributed by atoms with Crippen LogP contribution in [-0.2, 0) is 16.1 Å². The average Bonchev–Trinajstić information content (AvgIpc) is 3.32. The fourth-order valence-electron chi connectivity index (χ4n) is 3.22. The van der Waals surface area contributed by atoms with E-state index < -0.39 is 17.8 Å². The first-order chi connectivity index (χ1) is 16.8. The van der Waals surface area contributed by atoms with Crippen LogP contribution in [-0.4, -0.2) is 34.5 Å². The highest BCUT2D eigenvalue weighted by molar-refractivity contribution is 7.14. The standard InChI is InChI=1S/C26H32N4O4S/c1-26(2,3)34-25(32)28-21(23-30-29-22(35-23)20-14-8-5-9-15-20)16-10-11-17-27-24(31)33-18-19-12-6-4-7-13-19/h4-9,12-15,21H,10-11,16-18H2,1-3H3,(H,27,31)(H,28,32)/t21-/m0/s1. The van der Waals surface area contributed by atoms with Crippen molar-refractivity contribution in [3.8, 4) is 10.6 Å². The van der Waals surface area contributed by atoms with E-state index in [1.54, 1.807) is 0 Å². The van der Waals surface area contributed by atoms with Crippen LogP contribution >= 0.6 is 11.3 Å². The first-order valence-electron chi connectivity index (χ1n) is 11.6. The molecule has 0 aliphatic rings. The number of alkyl carbamates (subject to hydrolysis) is 2. The van der Waals surface area contributed by atoms with Gasteiger partial charge in [-0.2, -0.15) is 0 Å². The number of hydrogen-bond donors (Lipinski definition) is 2. The maximum Gasteiger partial charge on any atom is 0.408 e. The zero-order valence-electron chi connectivity index (χ0n) is 20.3. The molecule has 0 unspecified atom stereocenters. The van der Waals surface area contributed by atoms with Crippen molar-refractivity contribution in [2.45, 2.75) is 58.3 Å². The Bertz CT molecular complexity index is 1070. The Labute approximate surface area is 210 Å². The van der Waals surface area contributed by atoms with Crippen molar-refractivity contribution < 1.29 is 19.1 Å². The summed E-state index contributed by atoms with van der Waals surface area (Å²) in [6.07, 6.45) is 1.15. The Morgan fingerprint density at radius 3 is 2.31 bits per heavy atom. The number of nitrogens with one attached hydrogen (secondary N) is 2. The van der Waals surface area contributed by atoms with Gasteiger partial charge < -0.3 is 20.1 Å². The maximum absolute atomic E-state index is 12.4. The SMILES string of the molecule is CC(C)(C)OC(=O)N[C@@H](CCCCNC(=O)OCc1ccccc1)c1nnc(-c2ccccc2)s1. The number of rotatable bonds is 10. The minimum absolute atomic E-state index is 0.231. The lowest BCUT2D eigenvalue weighted by Gasteiger charge is -2.22. The van der Waals surface area contributed by atoms with E-state index in [-0.39, 0.29) is 12.6 Å². The van der Waals surface area contributed by atoms with Crippen LogP contribution in [0, 0.1) is 0 Å².